The summed E-state index contributed by atoms with van der Waals surface area (Å²) in [6, 6.07) is 10.3. The fourth-order valence-corrected chi connectivity index (χ4v) is 2.78. The van der Waals surface area contributed by atoms with E-state index in [4.69, 9.17) is 4.74 Å². The predicted molar refractivity (Wildman–Crippen MR) is 94.9 cm³/mol. The van der Waals surface area contributed by atoms with Crippen LogP contribution in [0.15, 0.2) is 42.6 Å². The SMILES string of the molecule is COc1cccc(N2CC(NC(=O)Nc3ncccc3C)CC2=O)c1. The number of rotatable bonds is 4. The van der Waals surface area contributed by atoms with Gasteiger partial charge in [-0.2, -0.15) is 0 Å². The van der Waals surface area contributed by atoms with Gasteiger partial charge in [0.05, 0.1) is 13.2 Å². The van der Waals surface area contributed by atoms with Gasteiger partial charge in [0.25, 0.3) is 0 Å². The number of aromatic nitrogens is 1. The van der Waals surface area contributed by atoms with E-state index in [1.54, 1.807) is 30.3 Å². The molecule has 1 unspecified atom stereocenters. The van der Waals surface area contributed by atoms with Crippen LogP contribution in [0.5, 0.6) is 5.75 Å². The Labute approximate surface area is 146 Å². The highest BCUT2D eigenvalue weighted by Crippen LogP contribution is 2.25. The molecular weight excluding hydrogens is 320 g/mol. The molecule has 1 fully saturated rings. The van der Waals surface area contributed by atoms with Gasteiger partial charge in [0.15, 0.2) is 0 Å². The lowest BCUT2D eigenvalue weighted by Crippen LogP contribution is -2.40. The van der Waals surface area contributed by atoms with Crippen LogP contribution in [0.1, 0.15) is 12.0 Å². The van der Waals surface area contributed by atoms with Crippen LogP contribution in [0.4, 0.5) is 16.3 Å². The van der Waals surface area contributed by atoms with Gasteiger partial charge in [0.1, 0.15) is 11.6 Å². The third-order valence-corrected chi connectivity index (χ3v) is 4.07. The van der Waals surface area contributed by atoms with Crippen LogP contribution < -0.4 is 20.3 Å². The van der Waals surface area contributed by atoms with Crippen LogP contribution in [0, 0.1) is 6.92 Å². The largest absolute Gasteiger partial charge is 0.497 e. The van der Waals surface area contributed by atoms with Gasteiger partial charge in [-0.05, 0) is 30.7 Å². The highest BCUT2D eigenvalue weighted by molar-refractivity contribution is 5.97. The average Bonchev–Trinajstić information content (AvgIpc) is 2.97. The Morgan fingerprint density at radius 3 is 2.92 bits per heavy atom. The Morgan fingerprint density at radius 1 is 1.32 bits per heavy atom. The molecule has 7 nitrogen and oxygen atoms in total. The second-order valence-corrected chi connectivity index (χ2v) is 5.87. The highest BCUT2D eigenvalue weighted by Gasteiger charge is 2.31. The molecule has 7 heteroatoms. The smallest absolute Gasteiger partial charge is 0.320 e. The Morgan fingerprint density at radius 2 is 2.16 bits per heavy atom. The van der Waals surface area contributed by atoms with E-state index in [2.05, 4.69) is 15.6 Å². The maximum atomic E-state index is 12.3. The number of nitrogens with one attached hydrogen (secondary N) is 2. The lowest BCUT2D eigenvalue weighted by molar-refractivity contribution is -0.117. The van der Waals surface area contributed by atoms with Crippen molar-refractivity contribution in [2.45, 2.75) is 19.4 Å². The first-order valence-electron chi connectivity index (χ1n) is 8.00. The van der Waals surface area contributed by atoms with Gasteiger partial charge in [-0.1, -0.05) is 12.1 Å². The number of hydrogen-bond acceptors (Lipinski definition) is 4. The number of carbonyl (C=O) groups is 2. The van der Waals surface area contributed by atoms with E-state index in [-0.39, 0.29) is 24.4 Å². The zero-order chi connectivity index (χ0) is 17.8. The standard InChI is InChI=1S/C18H20N4O3/c1-12-5-4-8-19-17(12)21-18(24)20-13-9-16(23)22(11-13)14-6-3-7-15(10-14)25-2/h3-8,10,13H,9,11H2,1-2H3,(H2,19,20,21,24). The van der Waals surface area contributed by atoms with E-state index in [9.17, 15) is 9.59 Å². The van der Waals surface area contributed by atoms with Gasteiger partial charge >= 0.3 is 6.03 Å². The van der Waals surface area contributed by atoms with Crippen molar-refractivity contribution in [1.82, 2.24) is 10.3 Å². The van der Waals surface area contributed by atoms with E-state index in [0.717, 1.165) is 11.3 Å². The van der Waals surface area contributed by atoms with Gasteiger partial charge in [-0.3, -0.25) is 10.1 Å². The molecule has 3 amide bonds. The van der Waals surface area contributed by atoms with Crippen molar-refractivity contribution in [3.8, 4) is 5.75 Å². The minimum absolute atomic E-state index is 0.0347. The lowest BCUT2D eigenvalue weighted by atomic mass is 10.2. The van der Waals surface area contributed by atoms with Crippen molar-refractivity contribution >= 4 is 23.4 Å². The first-order valence-corrected chi connectivity index (χ1v) is 8.00. The number of benzene rings is 1. The summed E-state index contributed by atoms with van der Waals surface area (Å²) in [6.07, 6.45) is 1.87. The molecule has 3 rings (SSSR count). The molecule has 0 spiro atoms. The summed E-state index contributed by atoms with van der Waals surface area (Å²) in [6.45, 7) is 2.28. The fraction of sp³-hybridized carbons (Fsp3) is 0.278. The molecule has 130 valence electrons. The quantitative estimate of drug-likeness (QED) is 0.895. The third-order valence-electron chi connectivity index (χ3n) is 4.07. The second kappa shape index (κ2) is 7.21. The second-order valence-electron chi connectivity index (χ2n) is 5.87. The molecule has 0 aliphatic carbocycles. The van der Waals surface area contributed by atoms with Crippen molar-refractivity contribution in [2.75, 3.05) is 23.9 Å². The van der Waals surface area contributed by atoms with Gasteiger partial charge in [-0.15, -0.1) is 0 Å². The van der Waals surface area contributed by atoms with Crippen LogP contribution in [0.25, 0.3) is 0 Å². The van der Waals surface area contributed by atoms with E-state index < -0.39 is 0 Å². The van der Waals surface area contributed by atoms with Crippen molar-refractivity contribution in [3.63, 3.8) is 0 Å². The van der Waals surface area contributed by atoms with Gasteiger partial charge in [0, 0.05) is 30.9 Å². The molecule has 0 bridgehead atoms. The zero-order valence-corrected chi connectivity index (χ0v) is 14.2. The first-order chi connectivity index (χ1) is 12.1. The number of urea groups is 1. The summed E-state index contributed by atoms with van der Waals surface area (Å²) in [7, 11) is 1.58. The summed E-state index contributed by atoms with van der Waals surface area (Å²) in [5.41, 5.74) is 1.63. The molecular formula is C18H20N4O3. The minimum atomic E-state index is -0.368. The number of pyridine rings is 1. The van der Waals surface area contributed by atoms with Crippen molar-refractivity contribution in [3.05, 3.63) is 48.2 Å². The van der Waals surface area contributed by atoms with Crippen LogP contribution >= 0.6 is 0 Å². The average molecular weight is 340 g/mol. The van der Waals surface area contributed by atoms with Crippen LogP contribution in [-0.4, -0.2) is 36.6 Å². The Balaban J connectivity index is 1.62. The third kappa shape index (κ3) is 3.88. The van der Waals surface area contributed by atoms with Crippen LogP contribution in [-0.2, 0) is 4.79 Å². The zero-order valence-electron chi connectivity index (χ0n) is 14.2. The maximum absolute atomic E-state index is 12.3. The van der Waals surface area contributed by atoms with Crippen molar-refractivity contribution in [1.29, 1.82) is 0 Å². The number of hydrogen-bond donors (Lipinski definition) is 2. The Kier molecular flexibility index (Phi) is 4.83. The molecule has 1 aromatic carbocycles. The topological polar surface area (TPSA) is 83.6 Å². The summed E-state index contributed by atoms with van der Waals surface area (Å²) >= 11 is 0. The van der Waals surface area contributed by atoms with E-state index >= 15 is 0 Å². The van der Waals surface area contributed by atoms with E-state index in [0.29, 0.717) is 18.1 Å². The number of nitrogens with zero attached hydrogens (tertiary/aromatic N) is 2. The number of methoxy groups -OCH3 is 1. The van der Waals surface area contributed by atoms with Gasteiger partial charge in [0.2, 0.25) is 5.91 Å². The predicted octanol–water partition coefficient (Wildman–Crippen LogP) is 2.33. The number of aryl methyl sites for hydroxylation is 1. The fourth-order valence-electron chi connectivity index (χ4n) is 2.78. The van der Waals surface area contributed by atoms with Crippen LogP contribution in [0.2, 0.25) is 0 Å². The molecule has 2 heterocycles. The van der Waals surface area contributed by atoms with Crippen molar-refractivity contribution < 1.29 is 14.3 Å². The maximum Gasteiger partial charge on any atom is 0.320 e. The molecule has 0 radical (unpaired) electrons. The number of anilines is 2. The normalized spacial score (nSPS) is 16.6. The lowest BCUT2D eigenvalue weighted by Gasteiger charge is -2.18. The van der Waals surface area contributed by atoms with E-state index in [1.807, 2.05) is 31.2 Å². The Hall–Kier alpha value is -3.09. The number of carbonyl (C=O) groups excluding carboxylic acids is 2. The van der Waals surface area contributed by atoms with Crippen molar-refractivity contribution in [2.24, 2.45) is 0 Å². The summed E-state index contributed by atoms with van der Waals surface area (Å²) < 4.78 is 5.19. The molecule has 1 saturated heterocycles. The molecule has 1 aliphatic rings. The summed E-state index contributed by atoms with van der Waals surface area (Å²) in [5.74, 6) is 1.16. The number of ether oxygens (including phenoxy) is 1. The number of amides is 3. The molecule has 25 heavy (non-hydrogen) atoms. The molecule has 0 saturated carbocycles. The minimum Gasteiger partial charge on any atom is -0.497 e. The first kappa shape index (κ1) is 16.8. The molecule has 1 aromatic heterocycles. The summed E-state index contributed by atoms with van der Waals surface area (Å²) in [5, 5.41) is 5.54. The molecule has 1 atom stereocenters. The monoisotopic (exact) mass is 340 g/mol. The summed E-state index contributed by atoms with van der Waals surface area (Å²) in [4.78, 5) is 30.2. The van der Waals surface area contributed by atoms with Crippen LogP contribution in [0.3, 0.4) is 0 Å². The van der Waals surface area contributed by atoms with Gasteiger partial charge in [-0.25, -0.2) is 9.78 Å². The Bertz CT molecular complexity index is 793. The molecule has 1 aliphatic heterocycles. The highest BCUT2D eigenvalue weighted by atomic mass is 16.5. The molecule has 2 N–H and O–H groups in total. The molecule has 2 aromatic rings. The van der Waals surface area contributed by atoms with Gasteiger partial charge < -0.3 is 15.0 Å². The van der Waals surface area contributed by atoms with E-state index in [1.165, 1.54) is 0 Å².